The molecular formula is C23H29ClN2O3S. The number of hydrogen-bond donors (Lipinski definition) is 1. The van der Waals surface area contributed by atoms with Gasteiger partial charge in [0.2, 0.25) is 11.8 Å². The minimum atomic E-state index is -0.508. The van der Waals surface area contributed by atoms with Crippen LogP contribution >= 0.6 is 23.4 Å². The summed E-state index contributed by atoms with van der Waals surface area (Å²) in [6.07, 6.45) is 0.548. The number of carbonyl (C=O) groups excluding carboxylic acids is 2. The highest BCUT2D eigenvalue weighted by atomic mass is 35.5. The molecule has 0 aliphatic heterocycles. The number of carbonyl (C=O) groups is 2. The molecule has 30 heavy (non-hydrogen) atoms. The van der Waals surface area contributed by atoms with Gasteiger partial charge in [0, 0.05) is 23.9 Å². The van der Waals surface area contributed by atoms with E-state index in [4.69, 9.17) is 16.3 Å². The quantitative estimate of drug-likeness (QED) is 0.548. The molecule has 0 radical (unpaired) electrons. The average molecular weight is 449 g/mol. The molecule has 2 amide bonds. The van der Waals surface area contributed by atoms with Gasteiger partial charge < -0.3 is 15.0 Å². The number of ether oxygens (including phenoxy) is 1. The normalized spacial score (nSPS) is 11.6. The summed E-state index contributed by atoms with van der Waals surface area (Å²) in [5, 5.41) is 3.53. The van der Waals surface area contributed by atoms with Crippen molar-refractivity contribution in [3.63, 3.8) is 0 Å². The predicted molar refractivity (Wildman–Crippen MR) is 124 cm³/mol. The number of halogens is 1. The predicted octanol–water partition coefficient (Wildman–Crippen LogP) is 4.53. The molecule has 1 N–H and O–H groups in total. The third-order valence-electron chi connectivity index (χ3n) is 4.63. The molecule has 5 nitrogen and oxygen atoms in total. The highest BCUT2D eigenvalue weighted by Gasteiger charge is 2.28. The van der Waals surface area contributed by atoms with Crippen molar-refractivity contribution in [2.75, 3.05) is 19.4 Å². The lowest BCUT2D eigenvalue weighted by atomic mass is 10.1. The first kappa shape index (κ1) is 24.1. The smallest absolute Gasteiger partial charge is 0.242 e. The van der Waals surface area contributed by atoms with E-state index in [0.29, 0.717) is 36.0 Å². The van der Waals surface area contributed by atoms with Crippen molar-refractivity contribution in [2.45, 2.75) is 38.6 Å². The van der Waals surface area contributed by atoms with Gasteiger partial charge in [-0.25, -0.2) is 0 Å². The van der Waals surface area contributed by atoms with Gasteiger partial charge in [-0.05, 0) is 48.7 Å². The summed E-state index contributed by atoms with van der Waals surface area (Å²) in [6.45, 7) is 4.70. The van der Waals surface area contributed by atoms with Crippen molar-refractivity contribution in [3.8, 4) is 5.75 Å². The fraction of sp³-hybridized carbons (Fsp3) is 0.391. The molecule has 0 fully saturated rings. The monoisotopic (exact) mass is 448 g/mol. The molecule has 162 valence electrons. The second-order valence-electron chi connectivity index (χ2n) is 6.81. The molecule has 2 aromatic carbocycles. The Labute approximate surface area is 188 Å². The molecule has 1 unspecified atom stereocenters. The molecule has 0 aromatic heterocycles. The SMILES string of the molecule is CCNC(=O)C(CC)N(Cc1ccc(OC)cc1)C(=O)CSCc1cccc(Cl)c1. The largest absolute Gasteiger partial charge is 0.497 e. The van der Waals surface area contributed by atoms with Gasteiger partial charge in [-0.2, -0.15) is 0 Å². The Balaban J connectivity index is 2.11. The molecular weight excluding hydrogens is 420 g/mol. The third kappa shape index (κ3) is 7.26. The van der Waals surface area contributed by atoms with Crippen LogP contribution in [0.3, 0.4) is 0 Å². The van der Waals surface area contributed by atoms with Crippen LogP contribution in [0, 0.1) is 0 Å². The summed E-state index contributed by atoms with van der Waals surface area (Å²) in [5.74, 6) is 1.54. The summed E-state index contributed by atoms with van der Waals surface area (Å²) in [7, 11) is 1.62. The Hall–Kier alpha value is -2.18. The number of likely N-dealkylation sites (N-methyl/N-ethyl adjacent to an activating group) is 1. The second-order valence-corrected chi connectivity index (χ2v) is 8.23. The van der Waals surface area contributed by atoms with Crippen LogP contribution in [-0.4, -0.2) is 42.2 Å². The van der Waals surface area contributed by atoms with E-state index in [-0.39, 0.29) is 11.8 Å². The number of rotatable bonds is 11. The highest BCUT2D eigenvalue weighted by Crippen LogP contribution is 2.20. The summed E-state index contributed by atoms with van der Waals surface area (Å²) >= 11 is 7.56. The van der Waals surface area contributed by atoms with Gasteiger partial charge in [0.25, 0.3) is 0 Å². The minimum Gasteiger partial charge on any atom is -0.497 e. The van der Waals surface area contributed by atoms with E-state index in [9.17, 15) is 9.59 Å². The van der Waals surface area contributed by atoms with Gasteiger partial charge in [0.05, 0.1) is 12.9 Å². The van der Waals surface area contributed by atoms with E-state index in [0.717, 1.165) is 16.9 Å². The molecule has 0 saturated carbocycles. The van der Waals surface area contributed by atoms with E-state index in [2.05, 4.69) is 5.32 Å². The topological polar surface area (TPSA) is 58.6 Å². The number of hydrogen-bond acceptors (Lipinski definition) is 4. The maximum absolute atomic E-state index is 13.1. The Morgan fingerprint density at radius 3 is 2.47 bits per heavy atom. The fourth-order valence-electron chi connectivity index (χ4n) is 3.11. The Morgan fingerprint density at radius 1 is 1.13 bits per heavy atom. The van der Waals surface area contributed by atoms with Gasteiger partial charge in [-0.15, -0.1) is 11.8 Å². The molecule has 0 heterocycles. The number of nitrogens with one attached hydrogen (secondary N) is 1. The van der Waals surface area contributed by atoms with Crippen molar-refractivity contribution in [1.82, 2.24) is 10.2 Å². The molecule has 0 saturated heterocycles. The highest BCUT2D eigenvalue weighted by molar-refractivity contribution is 7.99. The molecule has 0 bridgehead atoms. The van der Waals surface area contributed by atoms with Crippen LogP contribution < -0.4 is 10.1 Å². The third-order valence-corrected chi connectivity index (χ3v) is 5.86. The molecule has 0 spiro atoms. The molecule has 2 rings (SSSR count). The van der Waals surface area contributed by atoms with Crippen LogP contribution in [0.2, 0.25) is 5.02 Å². The Bertz CT molecular complexity index is 829. The molecule has 0 aliphatic carbocycles. The number of benzene rings is 2. The average Bonchev–Trinajstić information content (AvgIpc) is 2.74. The van der Waals surface area contributed by atoms with Crippen LogP contribution in [-0.2, 0) is 21.9 Å². The molecule has 0 aliphatic rings. The van der Waals surface area contributed by atoms with Crippen LogP contribution in [0.5, 0.6) is 5.75 Å². The van der Waals surface area contributed by atoms with E-state index in [1.54, 1.807) is 12.0 Å². The second kappa shape index (κ2) is 12.5. The number of amides is 2. The Kier molecular flexibility index (Phi) is 10.0. The first-order chi connectivity index (χ1) is 14.5. The van der Waals surface area contributed by atoms with Crippen molar-refractivity contribution in [3.05, 3.63) is 64.7 Å². The molecule has 2 aromatic rings. The Morgan fingerprint density at radius 2 is 1.87 bits per heavy atom. The van der Waals surface area contributed by atoms with E-state index in [1.165, 1.54) is 11.8 Å². The maximum Gasteiger partial charge on any atom is 0.242 e. The van der Waals surface area contributed by atoms with Gasteiger partial charge in [-0.3, -0.25) is 9.59 Å². The van der Waals surface area contributed by atoms with Crippen LogP contribution in [0.4, 0.5) is 0 Å². The van der Waals surface area contributed by atoms with Gasteiger partial charge in [-0.1, -0.05) is 42.8 Å². The molecule has 7 heteroatoms. The van der Waals surface area contributed by atoms with Crippen LogP contribution in [0.1, 0.15) is 31.4 Å². The van der Waals surface area contributed by atoms with Crippen molar-refractivity contribution < 1.29 is 14.3 Å². The lowest BCUT2D eigenvalue weighted by Crippen LogP contribution is -2.49. The summed E-state index contributed by atoms with van der Waals surface area (Å²) in [6, 6.07) is 14.7. The first-order valence-corrected chi connectivity index (χ1v) is 11.5. The fourth-order valence-corrected chi connectivity index (χ4v) is 4.18. The van der Waals surface area contributed by atoms with Gasteiger partial charge in [0.15, 0.2) is 0 Å². The zero-order chi connectivity index (χ0) is 21.9. The van der Waals surface area contributed by atoms with Gasteiger partial charge >= 0.3 is 0 Å². The van der Waals surface area contributed by atoms with E-state index >= 15 is 0 Å². The van der Waals surface area contributed by atoms with Crippen molar-refractivity contribution >= 4 is 35.2 Å². The lowest BCUT2D eigenvalue weighted by molar-refractivity contribution is -0.139. The minimum absolute atomic E-state index is 0.0593. The van der Waals surface area contributed by atoms with Gasteiger partial charge in [0.1, 0.15) is 11.8 Å². The maximum atomic E-state index is 13.1. The van der Waals surface area contributed by atoms with E-state index in [1.807, 2.05) is 62.4 Å². The number of methoxy groups -OCH3 is 1. The van der Waals surface area contributed by atoms with E-state index < -0.39 is 6.04 Å². The van der Waals surface area contributed by atoms with Crippen molar-refractivity contribution in [2.24, 2.45) is 0 Å². The number of thioether (sulfide) groups is 1. The lowest BCUT2D eigenvalue weighted by Gasteiger charge is -2.30. The summed E-state index contributed by atoms with van der Waals surface area (Å²) < 4.78 is 5.21. The van der Waals surface area contributed by atoms with Crippen molar-refractivity contribution in [1.29, 1.82) is 0 Å². The van der Waals surface area contributed by atoms with Crippen LogP contribution in [0.15, 0.2) is 48.5 Å². The zero-order valence-corrected chi connectivity index (χ0v) is 19.3. The van der Waals surface area contributed by atoms with Crippen LogP contribution in [0.25, 0.3) is 0 Å². The molecule has 1 atom stereocenters. The standard InChI is InChI=1S/C23H29ClN2O3S/c1-4-21(23(28)25-5-2)26(14-17-9-11-20(29-3)12-10-17)22(27)16-30-15-18-7-6-8-19(24)13-18/h6-13,21H,4-5,14-16H2,1-3H3,(H,25,28). The first-order valence-electron chi connectivity index (χ1n) is 10.0. The number of nitrogens with zero attached hydrogens (tertiary/aromatic N) is 1. The summed E-state index contributed by atoms with van der Waals surface area (Å²) in [4.78, 5) is 27.4. The summed E-state index contributed by atoms with van der Waals surface area (Å²) in [5.41, 5.74) is 2.02. The zero-order valence-electron chi connectivity index (χ0n) is 17.7.